The molecular weight excluding hydrogens is 540 g/mol. The van der Waals surface area contributed by atoms with Crippen LogP contribution in [0.4, 0.5) is 0 Å². The maximum absolute atomic E-state index is 12.0. The monoisotopic (exact) mass is 590 g/mol. The number of unbranched alkanes of at least 4 members (excludes halogenated alkanes) is 6. The van der Waals surface area contributed by atoms with Crippen LogP contribution in [-0.4, -0.2) is 93.7 Å². The first-order valence-electron chi connectivity index (χ1n) is 14.5. The molecule has 0 bridgehead atoms. The Morgan fingerprint density at radius 3 is 1.52 bits per heavy atom. The van der Waals surface area contributed by atoms with Crippen molar-refractivity contribution in [3.8, 4) is 0 Å². The molecule has 232 valence electrons. The topological polar surface area (TPSA) is 116 Å². The third-order valence-corrected chi connectivity index (χ3v) is 7.07. The Bertz CT molecular complexity index is 830. The molecule has 0 heterocycles. The minimum absolute atomic E-state index is 0.0584. The maximum Gasteiger partial charge on any atom is 0.305 e. The Labute approximate surface area is 241 Å². The van der Waals surface area contributed by atoms with Crippen LogP contribution >= 0.6 is 0 Å². The Balaban J connectivity index is 1.76. The summed E-state index contributed by atoms with van der Waals surface area (Å²) in [4.78, 5) is 11.8. The van der Waals surface area contributed by atoms with Gasteiger partial charge in [-0.05, 0) is 25.5 Å². The summed E-state index contributed by atoms with van der Waals surface area (Å²) in [6.45, 7) is 8.14. The second-order valence-electron chi connectivity index (χ2n) is 9.24. The number of esters is 1. The number of carbonyl (C=O) groups excluding carboxylic acids is 1. The van der Waals surface area contributed by atoms with Crippen LogP contribution in [0, 0.1) is 6.92 Å². The quantitative estimate of drug-likeness (QED) is 0.0786. The van der Waals surface area contributed by atoms with Crippen LogP contribution in [0.1, 0.15) is 63.9 Å². The predicted molar refractivity (Wildman–Crippen MR) is 152 cm³/mol. The molecule has 0 saturated carbocycles. The Hall–Kier alpha value is -1.60. The Kier molecular flexibility index (Phi) is 22.9. The molecule has 0 amide bonds. The van der Waals surface area contributed by atoms with Gasteiger partial charge in [0.25, 0.3) is 10.1 Å². The third-order valence-electron chi connectivity index (χ3n) is 5.74. The summed E-state index contributed by atoms with van der Waals surface area (Å²) in [7, 11) is -3.77. The average molecular weight is 591 g/mol. The highest BCUT2D eigenvalue weighted by Crippen LogP contribution is 2.13. The van der Waals surface area contributed by atoms with Crippen molar-refractivity contribution < 1.29 is 45.8 Å². The van der Waals surface area contributed by atoms with Crippen molar-refractivity contribution in [1.29, 1.82) is 0 Å². The molecule has 0 atom stereocenters. The molecule has 11 heteroatoms. The lowest BCUT2D eigenvalue weighted by molar-refractivity contribution is -0.145. The lowest BCUT2D eigenvalue weighted by Gasteiger charge is -2.09. The van der Waals surface area contributed by atoms with Gasteiger partial charge < -0.3 is 28.4 Å². The fourth-order valence-corrected chi connectivity index (χ4v) is 4.36. The van der Waals surface area contributed by atoms with Crippen LogP contribution in [0.25, 0.3) is 0 Å². The molecule has 0 N–H and O–H groups in total. The van der Waals surface area contributed by atoms with Crippen molar-refractivity contribution in [2.75, 3.05) is 79.3 Å². The molecule has 0 aliphatic carbocycles. The SMILES string of the molecule is CCCCCCCCCC(=O)OCCOCCOCCOCCOCCOCCOS(=O)(=O)c1ccc(C)cc1. The first-order valence-corrected chi connectivity index (χ1v) is 15.9. The van der Waals surface area contributed by atoms with E-state index in [9.17, 15) is 13.2 Å². The van der Waals surface area contributed by atoms with Gasteiger partial charge in [-0.2, -0.15) is 8.42 Å². The van der Waals surface area contributed by atoms with Crippen LogP contribution in [0.15, 0.2) is 29.2 Å². The molecule has 0 aliphatic rings. The van der Waals surface area contributed by atoms with Crippen LogP contribution in [0.5, 0.6) is 0 Å². The zero-order chi connectivity index (χ0) is 29.2. The predicted octanol–water partition coefficient (Wildman–Crippen LogP) is 4.47. The molecule has 0 saturated heterocycles. The number of ether oxygens (including phenoxy) is 6. The summed E-state index contributed by atoms with van der Waals surface area (Å²) < 4.78 is 61.2. The second kappa shape index (κ2) is 25.1. The van der Waals surface area contributed by atoms with Gasteiger partial charge in [0.15, 0.2) is 0 Å². The summed E-state index contributed by atoms with van der Waals surface area (Å²) in [5.41, 5.74) is 0.976. The fraction of sp³-hybridized carbons (Fsp3) is 0.759. The highest BCUT2D eigenvalue weighted by atomic mass is 32.2. The lowest BCUT2D eigenvalue weighted by atomic mass is 10.1. The maximum atomic E-state index is 12.0. The minimum Gasteiger partial charge on any atom is -0.463 e. The van der Waals surface area contributed by atoms with Gasteiger partial charge in [-0.1, -0.05) is 63.1 Å². The first-order chi connectivity index (χ1) is 19.5. The van der Waals surface area contributed by atoms with E-state index in [1.54, 1.807) is 12.1 Å². The van der Waals surface area contributed by atoms with Gasteiger partial charge in [-0.3, -0.25) is 8.98 Å². The molecule has 1 aromatic rings. The standard InChI is InChI=1S/C29H50O10S/c1-3-4-5-6-7-8-9-10-29(30)38-25-23-36-21-19-34-17-15-33-16-18-35-20-22-37-24-26-39-40(31,32)28-13-11-27(2)12-14-28/h11-14H,3-10,15-26H2,1-2H3. The van der Waals surface area contributed by atoms with Gasteiger partial charge in [-0.25, -0.2) is 0 Å². The molecule has 1 aromatic carbocycles. The zero-order valence-electron chi connectivity index (χ0n) is 24.4. The largest absolute Gasteiger partial charge is 0.463 e. The van der Waals surface area contributed by atoms with E-state index in [2.05, 4.69) is 6.92 Å². The molecule has 0 radical (unpaired) electrons. The number of hydrogen-bond donors (Lipinski definition) is 0. The van der Waals surface area contributed by atoms with E-state index < -0.39 is 10.1 Å². The average Bonchev–Trinajstić information content (AvgIpc) is 2.94. The molecule has 0 spiro atoms. The van der Waals surface area contributed by atoms with Crippen LogP contribution in [0.3, 0.4) is 0 Å². The molecule has 0 aromatic heterocycles. The summed E-state index contributed by atoms with van der Waals surface area (Å²) in [6.07, 6.45) is 8.73. The Morgan fingerprint density at radius 2 is 1.02 bits per heavy atom. The molecule has 0 unspecified atom stereocenters. The Morgan fingerprint density at radius 1 is 0.600 bits per heavy atom. The first kappa shape index (κ1) is 36.4. The summed E-state index contributed by atoms with van der Waals surface area (Å²) in [5, 5.41) is 0. The number of hydrogen-bond acceptors (Lipinski definition) is 10. The van der Waals surface area contributed by atoms with Crippen molar-refractivity contribution in [3.63, 3.8) is 0 Å². The fourth-order valence-electron chi connectivity index (χ4n) is 3.47. The van der Waals surface area contributed by atoms with E-state index in [0.717, 1.165) is 18.4 Å². The van der Waals surface area contributed by atoms with Gasteiger partial charge >= 0.3 is 5.97 Å². The second-order valence-corrected chi connectivity index (χ2v) is 10.9. The third kappa shape index (κ3) is 21.2. The molecule has 40 heavy (non-hydrogen) atoms. The van der Waals surface area contributed by atoms with E-state index in [1.807, 2.05) is 6.92 Å². The van der Waals surface area contributed by atoms with Gasteiger partial charge in [0.05, 0.1) is 77.6 Å². The van der Waals surface area contributed by atoms with Gasteiger partial charge in [0, 0.05) is 6.42 Å². The number of carbonyl (C=O) groups is 1. The van der Waals surface area contributed by atoms with E-state index in [-0.39, 0.29) is 30.7 Å². The summed E-state index contributed by atoms with van der Waals surface area (Å²) in [6, 6.07) is 6.48. The molecule has 10 nitrogen and oxygen atoms in total. The normalized spacial score (nSPS) is 11.7. The lowest BCUT2D eigenvalue weighted by Crippen LogP contribution is -2.15. The van der Waals surface area contributed by atoms with Crippen molar-refractivity contribution in [1.82, 2.24) is 0 Å². The summed E-state index contributed by atoms with van der Waals surface area (Å²) in [5.74, 6) is -0.154. The number of rotatable bonds is 28. The number of benzene rings is 1. The van der Waals surface area contributed by atoms with Crippen LogP contribution < -0.4 is 0 Å². The van der Waals surface area contributed by atoms with E-state index in [1.165, 1.54) is 44.2 Å². The van der Waals surface area contributed by atoms with Crippen molar-refractivity contribution in [2.24, 2.45) is 0 Å². The van der Waals surface area contributed by atoms with Gasteiger partial charge in [-0.15, -0.1) is 0 Å². The smallest absolute Gasteiger partial charge is 0.305 e. The van der Waals surface area contributed by atoms with Crippen molar-refractivity contribution >= 4 is 16.1 Å². The van der Waals surface area contributed by atoms with E-state index in [4.69, 9.17) is 32.6 Å². The van der Waals surface area contributed by atoms with Crippen molar-refractivity contribution in [2.45, 2.75) is 70.1 Å². The van der Waals surface area contributed by atoms with Gasteiger partial charge in [0.1, 0.15) is 6.61 Å². The minimum atomic E-state index is -3.77. The van der Waals surface area contributed by atoms with Crippen LogP contribution in [-0.2, 0) is 47.5 Å². The zero-order valence-corrected chi connectivity index (χ0v) is 25.3. The van der Waals surface area contributed by atoms with Gasteiger partial charge in [0.2, 0.25) is 0 Å². The van der Waals surface area contributed by atoms with E-state index >= 15 is 0 Å². The summed E-state index contributed by atoms with van der Waals surface area (Å²) >= 11 is 0. The molecule has 0 fully saturated rings. The molecule has 1 rings (SSSR count). The van der Waals surface area contributed by atoms with Crippen LogP contribution in [0.2, 0.25) is 0 Å². The molecular formula is C29H50O10S. The highest BCUT2D eigenvalue weighted by Gasteiger charge is 2.14. The highest BCUT2D eigenvalue weighted by molar-refractivity contribution is 7.86. The molecule has 0 aliphatic heterocycles. The number of aryl methyl sites for hydroxylation is 1. The van der Waals surface area contributed by atoms with E-state index in [0.29, 0.717) is 65.9 Å². The van der Waals surface area contributed by atoms with Crippen molar-refractivity contribution in [3.05, 3.63) is 29.8 Å².